The quantitative estimate of drug-likeness (QED) is 0.240. The third kappa shape index (κ3) is 4.78. The highest BCUT2D eigenvalue weighted by Gasteiger charge is 2.22. The minimum atomic E-state index is -0.503. The van der Waals surface area contributed by atoms with Crippen LogP contribution >= 0.6 is 0 Å². The van der Waals surface area contributed by atoms with Crippen LogP contribution < -0.4 is 16.6 Å². The number of nitrogens with two attached hydrogens (primary N) is 1. The molecule has 3 aromatic carbocycles. The Balaban J connectivity index is 1.39. The molecule has 0 spiro atoms. The lowest BCUT2D eigenvalue weighted by molar-refractivity contribution is -0.384. The number of non-ortho nitro benzene ring substituents is 1. The zero-order valence-corrected chi connectivity index (χ0v) is 21.2. The summed E-state index contributed by atoms with van der Waals surface area (Å²) in [5, 5.41) is 13.8. The molecule has 39 heavy (non-hydrogen) atoms. The van der Waals surface area contributed by atoms with Crippen LogP contribution in [0.1, 0.15) is 16.1 Å². The van der Waals surface area contributed by atoms with Gasteiger partial charge in [0.2, 0.25) is 0 Å². The maximum absolute atomic E-state index is 13.1. The highest BCUT2D eigenvalue weighted by Crippen LogP contribution is 2.31. The number of nitro benzene ring substituents is 1. The molecular weight excluding hydrogens is 496 g/mol. The van der Waals surface area contributed by atoms with Gasteiger partial charge in [-0.15, -0.1) is 0 Å². The van der Waals surface area contributed by atoms with Crippen LogP contribution in [0.15, 0.2) is 95.9 Å². The van der Waals surface area contributed by atoms with Gasteiger partial charge in [-0.05, 0) is 60.5 Å². The number of para-hydroxylation sites is 1. The number of carbonyl (C=O) groups is 1. The van der Waals surface area contributed by atoms with E-state index in [9.17, 15) is 19.7 Å². The molecule has 0 saturated carbocycles. The van der Waals surface area contributed by atoms with E-state index in [1.807, 2.05) is 24.3 Å². The maximum Gasteiger partial charge on any atom is 0.284 e. The van der Waals surface area contributed by atoms with Gasteiger partial charge in [-0.25, -0.2) is 9.67 Å². The summed E-state index contributed by atoms with van der Waals surface area (Å²) in [5.41, 5.74) is 10.5. The number of nitro groups is 1. The second-order valence-corrected chi connectivity index (χ2v) is 8.93. The fourth-order valence-corrected chi connectivity index (χ4v) is 4.40. The molecule has 0 fully saturated rings. The standard InChI is InChI=1S/C29H24N6O4/c1-18-26(29(37)34(33(18)2)23-6-4-3-5-7-23)28(36)32-22-12-8-20(9-13-22)25-16-21(17-31-27(25)30)19-10-14-24(15-11-19)35(38)39/h3-17H,1-2H3,(H2,30,31)(H,32,36). The fourth-order valence-electron chi connectivity index (χ4n) is 4.40. The summed E-state index contributed by atoms with van der Waals surface area (Å²) < 4.78 is 3.12. The van der Waals surface area contributed by atoms with Gasteiger partial charge in [-0.3, -0.25) is 24.4 Å². The summed E-state index contributed by atoms with van der Waals surface area (Å²) >= 11 is 0. The van der Waals surface area contributed by atoms with E-state index >= 15 is 0 Å². The van der Waals surface area contributed by atoms with Crippen molar-refractivity contribution in [3.05, 3.63) is 123 Å². The van der Waals surface area contributed by atoms with Crippen LogP contribution in [0.2, 0.25) is 0 Å². The number of amides is 1. The van der Waals surface area contributed by atoms with Crippen molar-refractivity contribution in [1.82, 2.24) is 14.3 Å². The molecule has 2 heterocycles. The molecule has 10 heteroatoms. The number of anilines is 2. The number of benzene rings is 3. The summed E-state index contributed by atoms with van der Waals surface area (Å²) in [5.74, 6) is -0.185. The topological polar surface area (TPSA) is 138 Å². The van der Waals surface area contributed by atoms with E-state index in [-0.39, 0.29) is 11.3 Å². The fraction of sp³-hybridized carbons (Fsp3) is 0.0690. The van der Waals surface area contributed by atoms with E-state index in [0.717, 1.165) is 16.7 Å². The molecule has 0 radical (unpaired) electrons. The minimum Gasteiger partial charge on any atom is -0.383 e. The average Bonchev–Trinajstić information content (AvgIpc) is 3.17. The molecule has 0 atom stereocenters. The second-order valence-electron chi connectivity index (χ2n) is 8.93. The number of nitrogens with one attached hydrogen (secondary N) is 1. The predicted molar refractivity (Wildman–Crippen MR) is 150 cm³/mol. The molecule has 0 aliphatic rings. The van der Waals surface area contributed by atoms with Crippen LogP contribution in [-0.4, -0.2) is 25.2 Å². The van der Waals surface area contributed by atoms with Gasteiger partial charge in [-0.2, -0.15) is 0 Å². The van der Waals surface area contributed by atoms with E-state index in [1.165, 1.54) is 16.8 Å². The predicted octanol–water partition coefficient (Wildman–Crippen LogP) is 4.96. The van der Waals surface area contributed by atoms with Gasteiger partial charge in [0.15, 0.2) is 0 Å². The van der Waals surface area contributed by atoms with E-state index < -0.39 is 16.4 Å². The van der Waals surface area contributed by atoms with Crippen LogP contribution in [-0.2, 0) is 7.05 Å². The number of nitrogen functional groups attached to an aromatic ring is 1. The van der Waals surface area contributed by atoms with Crippen molar-refractivity contribution >= 4 is 23.1 Å². The number of hydrogen-bond donors (Lipinski definition) is 2. The van der Waals surface area contributed by atoms with Gasteiger partial charge >= 0.3 is 0 Å². The number of rotatable bonds is 6. The zero-order chi connectivity index (χ0) is 27.7. The van der Waals surface area contributed by atoms with Gasteiger partial charge in [-0.1, -0.05) is 30.3 Å². The van der Waals surface area contributed by atoms with Crippen molar-refractivity contribution in [1.29, 1.82) is 0 Å². The minimum absolute atomic E-state index is 0.00435. The monoisotopic (exact) mass is 520 g/mol. The van der Waals surface area contributed by atoms with Crippen LogP contribution in [0.4, 0.5) is 17.2 Å². The Kier molecular flexibility index (Phi) is 6.51. The molecule has 1 amide bonds. The normalized spacial score (nSPS) is 10.8. The first kappa shape index (κ1) is 25.2. The van der Waals surface area contributed by atoms with Crippen molar-refractivity contribution in [2.24, 2.45) is 7.05 Å². The Morgan fingerprint density at radius 1 is 0.949 bits per heavy atom. The number of pyridine rings is 1. The van der Waals surface area contributed by atoms with E-state index in [0.29, 0.717) is 28.5 Å². The molecule has 2 aromatic heterocycles. The van der Waals surface area contributed by atoms with Crippen LogP contribution in [0.3, 0.4) is 0 Å². The summed E-state index contributed by atoms with van der Waals surface area (Å²) in [6.07, 6.45) is 1.61. The molecule has 0 aliphatic heterocycles. The Morgan fingerprint density at radius 3 is 2.23 bits per heavy atom. The highest BCUT2D eigenvalue weighted by atomic mass is 16.6. The summed E-state index contributed by atoms with van der Waals surface area (Å²) in [4.78, 5) is 41.1. The lowest BCUT2D eigenvalue weighted by Gasteiger charge is -2.10. The Labute approximate surface area is 223 Å². The van der Waals surface area contributed by atoms with Crippen molar-refractivity contribution in [3.63, 3.8) is 0 Å². The van der Waals surface area contributed by atoms with Crippen molar-refractivity contribution in [3.8, 4) is 27.9 Å². The largest absolute Gasteiger partial charge is 0.383 e. The third-order valence-corrected chi connectivity index (χ3v) is 6.57. The van der Waals surface area contributed by atoms with E-state index in [2.05, 4.69) is 10.3 Å². The SMILES string of the molecule is Cc1c(C(=O)Nc2ccc(-c3cc(-c4ccc([N+](=O)[O-])cc4)cnc3N)cc2)c(=O)n(-c2ccccc2)n1C. The molecule has 194 valence electrons. The van der Waals surface area contributed by atoms with E-state index in [4.69, 9.17) is 5.73 Å². The lowest BCUT2D eigenvalue weighted by Crippen LogP contribution is -2.25. The Hall–Kier alpha value is -5.51. The molecule has 0 unspecified atom stereocenters. The Morgan fingerprint density at radius 2 is 1.59 bits per heavy atom. The summed E-state index contributed by atoms with van der Waals surface area (Å²) in [6.45, 7) is 1.73. The lowest BCUT2D eigenvalue weighted by atomic mass is 10.0. The Bertz CT molecular complexity index is 1760. The van der Waals surface area contributed by atoms with Gasteiger partial charge in [0.25, 0.3) is 17.2 Å². The molecule has 0 bridgehead atoms. The number of hydrogen-bond acceptors (Lipinski definition) is 6. The molecule has 5 rings (SSSR count). The maximum atomic E-state index is 13.1. The van der Waals surface area contributed by atoms with Crippen molar-refractivity contribution in [2.45, 2.75) is 6.92 Å². The summed E-state index contributed by atoms with van der Waals surface area (Å²) in [6, 6.07) is 24.2. The van der Waals surface area contributed by atoms with Crippen LogP contribution in [0.25, 0.3) is 27.9 Å². The first-order valence-corrected chi connectivity index (χ1v) is 12.0. The molecule has 10 nitrogen and oxygen atoms in total. The molecule has 0 aliphatic carbocycles. The molecule has 0 saturated heterocycles. The third-order valence-electron chi connectivity index (χ3n) is 6.57. The summed E-state index contributed by atoms with van der Waals surface area (Å²) in [7, 11) is 1.73. The number of nitrogens with zero attached hydrogens (tertiary/aromatic N) is 4. The number of aromatic nitrogens is 3. The smallest absolute Gasteiger partial charge is 0.284 e. The molecule has 3 N–H and O–H groups in total. The van der Waals surface area contributed by atoms with Crippen molar-refractivity contribution < 1.29 is 9.72 Å². The van der Waals surface area contributed by atoms with Gasteiger partial charge in [0.05, 0.1) is 16.3 Å². The van der Waals surface area contributed by atoms with E-state index in [1.54, 1.807) is 73.4 Å². The highest BCUT2D eigenvalue weighted by molar-refractivity contribution is 6.05. The first-order chi connectivity index (χ1) is 18.7. The van der Waals surface area contributed by atoms with Crippen LogP contribution in [0.5, 0.6) is 0 Å². The zero-order valence-electron chi connectivity index (χ0n) is 21.2. The first-order valence-electron chi connectivity index (χ1n) is 12.0. The van der Waals surface area contributed by atoms with Gasteiger partial charge in [0, 0.05) is 42.2 Å². The number of carbonyl (C=O) groups excluding carboxylic acids is 1. The van der Waals surface area contributed by atoms with Crippen LogP contribution in [0, 0.1) is 17.0 Å². The second kappa shape index (κ2) is 10.1. The molecule has 5 aromatic rings. The molecular formula is C29H24N6O4. The average molecular weight is 521 g/mol. The van der Waals surface area contributed by atoms with Crippen molar-refractivity contribution in [2.75, 3.05) is 11.1 Å². The van der Waals surface area contributed by atoms with Gasteiger partial charge in [0.1, 0.15) is 11.4 Å². The van der Waals surface area contributed by atoms with Gasteiger partial charge < -0.3 is 11.1 Å².